The fraction of sp³-hybridized carbons (Fsp3) is 0.429. The van der Waals surface area contributed by atoms with E-state index in [0.717, 1.165) is 0 Å². The third kappa shape index (κ3) is 4.15. The van der Waals surface area contributed by atoms with Crippen LogP contribution < -0.4 is 14.8 Å². The van der Waals surface area contributed by atoms with Crippen molar-refractivity contribution in [3.63, 3.8) is 0 Å². The Bertz CT molecular complexity index is 486. The maximum Gasteiger partial charge on any atom is 0.335 e. The molecule has 2 N–H and O–H groups in total. The summed E-state index contributed by atoms with van der Waals surface area (Å²) in [4.78, 5) is 22.5. The standard InChI is InChI=1S/C14H19NO5/c1-4-15-13(16)9(3)20-11-7-6-10(14(17)18)8-12(11)19-5-2/h6-9H,4-5H2,1-3H3,(H,15,16)(H,17,18). The highest BCUT2D eigenvalue weighted by Gasteiger charge is 2.17. The van der Waals surface area contributed by atoms with Crippen molar-refractivity contribution >= 4 is 11.9 Å². The third-order valence-electron chi connectivity index (χ3n) is 2.51. The molecule has 0 saturated carbocycles. The number of carbonyl (C=O) groups excluding carboxylic acids is 1. The van der Waals surface area contributed by atoms with E-state index in [9.17, 15) is 9.59 Å². The van der Waals surface area contributed by atoms with E-state index >= 15 is 0 Å². The van der Waals surface area contributed by atoms with Gasteiger partial charge in [0.2, 0.25) is 0 Å². The monoisotopic (exact) mass is 281 g/mol. The molecule has 1 amide bonds. The molecule has 0 spiro atoms. The predicted octanol–water partition coefficient (Wildman–Crippen LogP) is 1.69. The topological polar surface area (TPSA) is 84.9 Å². The summed E-state index contributed by atoms with van der Waals surface area (Å²) in [6.07, 6.45) is -0.690. The quantitative estimate of drug-likeness (QED) is 0.794. The number of amides is 1. The predicted molar refractivity (Wildman–Crippen MR) is 73.3 cm³/mol. The number of rotatable bonds is 7. The smallest absolute Gasteiger partial charge is 0.335 e. The van der Waals surface area contributed by atoms with Gasteiger partial charge >= 0.3 is 5.97 Å². The van der Waals surface area contributed by atoms with Gasteiger partial charge in [0.1, 0.15) is 0 Å². The molecular weight excluding hydrogens is 262 g/mol. The number of carbonyl (C=O) groups is 2. The van der Waals surface area contributed by atoms with Crippen molar-refractivity contribution < 1.29 is 24.2 Å². The number of ether oxygens (including phenoxy) is 2. The van der Waals surface area contributed by atoms with Crippen molar-refractivity contribution in [2.45, 2.75) is 26.9 Å². The van der Waals surface area contributed by atoms with Crippen molar-refractivity contribution in [3.05, 3.63) is 23.8 Å². The minimum Gasteiger partial charge on any atom is -0.490 e. The summed E-state index contributed by atoms with van der Waals surface area (Å²) >= 11 is 0. The van der Waals surface area contributed by atoms with Gasteiger partial charge in [0.25, 0.3) is 5.91 Å². The number of aromatic carboxylic acids is 1. The first-order valence-electron chi connectivity index (χ1n) is 6.44. The van der Waals surface area contributed by atoms with Gasteiger partial charge in [-0.05, 0) is 39.0 Å². The average molecular weight is 281 g/mol. The lowest BCUT2D eigenvalue weighted by Gasteiger charge is -2.17. The maximum atomic E-state index is 11.6. The van der Waals surface area contributed by atoms with E-state index in [1.165, 1.54) is 18.2 Å². The molecule has 6 heteroatoms. The number of likely N-dealkylation sites (N-methyl/N-ethyl adjacent to an activating group) is 1. The van der Waals surface area contributed by atoms with Crippen LogP contribution in [0.3, 0.4) is 0 Å². The number of nitrogens with one attached hydrogen (secondary N) is 1. The molecule has 0 aliphatic carbocycles. The Hall–Kier alpha value is -2.24. The maximum absolute atomic E-state index is 11.6. The van der Waals surface area contributed by atoms with Gasteiger partial charge in [-0.1, -0.05) is 0 Å². The SMILES string of the molecule is CCNC(=O)C(C)Oc1ccc(C(=O)O)cc1OCC. The van der Waals surface area contributed by atoms with Crippen molar-refractivity contribution in [3.8, 4) is 11.5 Å². The van der Waals surface area contributed by atoms with E-state index in [0.29, 0.717) is 24.7 Å². The normalized spacial score (nSPS) is 11.6. The second-order valence-corrected chi connectivity index (χ2v) is 4.05. The third-order valence-corrected chi connectivity index (χ3v) is 2.51. The Morgan fingerprint density at radius 3 is 2.55 bits per heavy atom. The molecule has 1 rings (SSSR count). The van der Waals surface area contributed by atoms with E-state index < -0.39 is 12.1 Å². The molecule has 0 radical (unpaired) electrons. The van der Waals surface area contributed by atoms with Gasteiger partial charge < -0.3 is 19.9 Å². The highest BCUT2D eigenvalue weighted by atomic mass is 16.5. The minimum absolute atomic E-state index is 0.103. The highest BCUT2D eigenvalue weighted by Crippen LogP contribution is 2.29. The largest absolute Gasteiger partial charge is 0.490 e. The summed E-state index contributed by atoms with van der Waals surface area (Å²) in [6, 6.07) is 4.28. The molecule has 0 aliphatic rings. The van der Waals surface area contributed by atoms with Crippen LogP contribution in [0.15, 0.2) is 18.2 Å². The van der Waals surface area contributed by atoms with Gasteiger partial charge in [0.05, 0.1) is 12.2 Å². The average Bonchev–Trinajstić information content (AvgIpc) is 2.40. The van der Waals surface area contributed by atoms with Gasteiger partial charge in [0, 0.05) is 6.54 Å². The Labute approximate surface area is 117 Å². The lowest BCUT2D eigenvalue weighted by molar-refractivity contribution is -0.127. The van der Waals surface area contributed by atoms with E-state index in [-0.39, 0.29) is 11.5 Å². The van der Waals surface area contributed by atoms with Crippen LogP contribution in [0.25, 0.3) is 0 Å². The molecule has 110 valence electrons. The zero-order valence-electron chi connectivity index (χ0n) is 11.8. The first-order chi connectivity index (χ1) is 9.49. The summed E-state index contributed by atoms with van der Waals surface area (Å²) < 4.78 is 10.9. The Balaban J connectivity index is 2.93. The van der Waals surface area contributed by atoms with Gasteiger partial charge in [-0.25, -0.2) is 4.79 Å². The van der Waals surface area contributed by atoms with Crippen LogP contribution in [0.5, 0.6) is 11.5 Å². The van der Waals surface area contributed by atoms with Crippen LogP contribution in [0.2, 0.25) is 0 Å². The second kappa shape index (κ2) is 7.37. The lowest BCUT2D eigenvalue weighted by Crippen LogP contribution is -2.36. The van der Waals surface area contributed by atoms with Gasteiger partial charge in [-0.15, -0.1) is 0 Å². The molecule has 20 heavy (non-hydrogen) atoms. The molecule has 0 aliphatic heterocycles. The Morgan fingerprint density at radius 2 is 2.00 bits per heavy atom. The molecule has 0 aromatic heterocycles. The number of carboxylic acid groups (broad SMARTS) is 1. The molecule has 1 aromatic rings. The van der Waals surface area contributed by atoms with Crippen LogP contribution >= 0.6 is 0 Å². The fourth-order valence-corrected chi connectivity index (χ4v) is 1.57. The van der Waals surface area contributed by atoms with Crippen molar-refractivity contribution in [1.29, 1.82) is 0 Å². The minimum atomic E-state index is -1.05. The molecule has 1 atom stereocenters. The first kappa shape index (κ1) is 15.8. The van der Waals surface area contributed by atoms with Gasteiger partial charge in [-0.3, -0.25) is 4.79 Å². The number of benzene rings is 1. The zero-order chi connectivity index (χ0) is 15.1. The molecule has 0 bridgehead atoms. The Morgan fingerprint density at radius 1 is 1.30 bits per heavy atom. The van der Waals surface area contributed by atoms with E-state index in [2.05, 4.69) is 5.32 Å². The fourth-order valence-electron chi connectivity index (χ4n) is 1.57. The van der Waals surface area contributed by atoms with E-state index in [1.807, 2.05) is 6.92 Å². The molecule has 0 fully saturated rings. The summed E-state index contributed by atoms with van der Waals surface area (Å²) in [6.45, 7) is 6.10. The van der Waals surface area contributed by atoms with Crippen LogP contribution in [0, 0.1) is 0 Å². The number of hydrogen-bond donors (Lipinski definition) is 2. The van der Waals surface area contributed by atoms with E-state index in [1.54, 1.807) is 13.8 Å². The number of hydrogen-bond acceptors (Lipinski definition) is 4. The van der Waals surface area contributed by atoms with Crippen molar-refractivity contribution in [2.75, 3.05) is 13.2 Å². The second-order valence-electron chi connectivity index (χ2n) is 4.05. The molecule has 0 saturated heterocycles. The summed E-state index contributed by atoms with van der Waals surface area (Å²) in [5.74, 6) is -0.634. The van der Waals surface area contributed by atoms with Crippen LogP contribution in [-0.4, -0.2) is 36.2 Å². The lowest BCUT2D eigenvalue weighted by atomic mass is 10.2. The molecule has 6 nitrogen and oxygen atoms in total. The van der Waals surface area contributed by atoms with Crippen LogP contribution in [0.4, 0.5) is 0 Å². The van der Waals surface area contributed by atoms with Crippen LogP contribution in [-0.2, 0) is 4.79 Å². The van der Waals surface area contributed by atoms with Crippen LogP contribution in [0.1, 0.15) is 31.1 Å². The molecule has 0 heterocycles. The van der Waals surface area contributed by atoms with Gasteiger partial charge in [0.15, 0.2) is 17.6 Å². The molecular formula is C14H19NO5. The van der Waals surface area contributed by atoms with Gasteiger partial charge in [-0.2, -0.15) is 0 Å². The summed E-state index contributed by atoms with van der Waals surface area (Å²) in [7, 11) is 0. The first-order valence-corrected chi connectivity index (χ1v) is 6.44. The summed E-state index contributed by atoms with van der Waals surface area (Å²) in [5, 5.41) is 11.6. The van der Waals surface area contributed by atoms with Crippen molar-refractivity contribution in [1.82, 2.24) is 5.32 Å². The number of carboxylic acids is 1. The van der Waals surface area contributed by atoms with Crippen molar-refractivity contribution in [2.24, 2.45) is 0 Å². The van der Waals surface area contributed by atoms with E-state index in [4.69, 9.17) is 14.6 Å². The highest BCUT2D eigenvalue weighted by molar-refractivity contribution is 5.88. The molecule has 1 aromatic carbocycles. The Kier molecular flexibility index (Phi) is 5.83. The zero-order valence-corrected chi connectivity index (χ0v) is 11.8. The summed E-state index contributed by atoms with van der Waals surface area (Å²) in [5.41, 5.74) is 0.103. The molecule has 1 unspecified atom stereocenters.